The Morgan fingerprint density at radius 2 is 2.10 bits per heavy atom. The lowest BCUT2D eigenvalue weighted by Gasteiger charge is -2.05. The zero-order valence-corrected chi connectivity index (χ0v) is 12.0. The third kappa shape index (κ3) is 2.18. The lowest BCUT2D eigenvalue weighted by Crippen LogP contribution is -2.03. The van der Waals surface area contributed by atoms with Crippen LogP contribution in [0.15, 0.2) is 22.7 Å². The van der Waals surface area contributed by atoms with Gasteiger partial charge < -0.3 is 14.2 Å². The zero-order chi connectivity index (χ0) is 15.1. The summed E-state index contributed by atoms with van der Waals surface area (Å²) in [5, 5.41) is 14.0. The maximum Gasteiger partial charge on any atom is 0.335 e. The Balaban J connectivity index is 2.14. The molecule has 108 valence electrons. The number of carboxylic acids is 1. The second-order valence-corrected chi connectivity index (χ2v) is 5.06. The van der Waals surface area contributed by atoms with Gasteiger partial charge in [0.25, 0.3) is 0 Å². The number of aryl methyl sites for hydroxylation is 2. The number of rotatable bonds is 3. The number of aromatic nitrogens is 3. The first-order valence-corrected chi connectivity index (χ1v) is 6.59. The van der Waals surface area contributed by atoms with Crippen LogP contribution in [0.4, 0.5) is 0 Å². The fourth-order valence-electron chi connectivity index (χ4n) is 2.53. The van der Waals surface area contributed by atoms with Crippen molar-refractivity contribution in [3.05, 3.63) is 46.7 Å². The summed E-state index contributed by atoms with van der Waals surface area (Å²) in [7, 11) is 0. The van der Waals surface area contributed by atoms with Crippen molar-refractivity contribution in [3.8, 4) is 0 Å². The number of nitrogens with zero attached hydrogens (tertiary/aromatic N) is 3. The Labute approximate surface area is 121 Å². The van der Waals surface area contributed by atoms with Gasteiger partial charge in [0, 0.05) is 23.5 Å². The normalized spacial score (nSPS) is 11.2. The number of hydrogen-bond donors (Lipinski definition) is 1. The molecule has 0 aliphatic rings. The van der Waals surface area contributed by atoms with Gasteiger partial charge in [-0.25, -0.2) is 4.79 Å². The van der Waals surface area contributed by atoms with Crippen LogP contribution >= 0.6 is 0 Å². The van der Waals surface area contributed by atoms with Crippen molar-refractivity contribution in [1.82, 2.24) is 14.7 Å². The highest BCUT2D eigenvalue weighted by Gasteiger charge is 2.15. The molecule has 6 heteroatoms. The van der Waals surface area contributed by atoms with Gasteiger partial charge in [-0.3, -0.25) is 0 Å². The van der Waals surface area contributed by atoms with E-state index in [2.05, 4.69) is 14.7 Å². The van der Waals surface area contributed by atoms with Crippen molar-refractivity contribution in [3.63, 3.8) is 0 Å². The first-order valence-electron chi connectivity index (χ1n) is 6.59. The Hall–Kier alpha value is -2.63. The number of fused-ring (bicyclic) bond motifs is 1. The van der Waals surface area contributed by atoms with Crippen molar-refractivity contribution in [2.45, 2.75) is 27.3 Å². The molecule has 21 heavy (non-hydrogen) atoms. The molecular formula is C15H15N3O3. The van der Waals surface area contributed by atoms with Crippen LogP contribution in [0, 0.1) is 20.8 Å². The molecule has 0 spiro atoms. The Morgan fingerprint density at radius 1 is 1.33 bits per heavy atom. The molecule has 2 aromatic heterocycles. The van der Waals surface area contributed by atoms with Crippen molar-refractivity contribution < 1.29 is 14.4 Å². The van der Waals surface area contributed by atoms with Gasteiger partial charge in [0.15, 0.2) is 5.82 Å². The van der Waals surface area contributed by atoms with E-state index >= 15 is 0 Å². The van der Waals surface area contributed by atoms with Crippen molar-refractivity contribution >= 4 is 16.9 Å². The molecule has 3 rings (SSSR count). The summed E-state index contributed by atoms with van der Waals surface area (Å²) in [6.07, 6.45) is 0. The van der Waals surface area contributed by atoms with Gasteiger partial charge >= 0.3 is 5.97 Å². The Morgan fingerprint density at radius 3 is 2.71 bits per heavy atom. The molecule has 0 unspecified atom stereocenters. The highest BCUT2D eigenvalue weighted by molar-refractivity contribution is 5.95. The van der Waals surface area contributed by atoms with E-state index in [9.17, 15) is 4.79 Å². The minimum Gasteiger partial charge on any atom is -0.478 e. The summed E-state index contributed by atoms with van der Waals surface area (Å²) < 4.78 is 7.06. The number of aromatic carboxylic acids is 1. The molecule has 0 aliphatic heterocycles. The summed E-state index contributed by atoms with van der Waals surface area (Å²) in [5.41, 5.74) is 3.39. The maximum atomic E-state index is 11.1. The molecule has 3 aromatic rings. The molecule has 0 amide bonds. The highest BCUT2D eigenvalue weighted by Crippen LogP contribution is 2.26. The summed E-state index contributed by atoms with van der Waals surface area (Å²) in [4.78, 5) is 15.3. The van der Waals surface area contributed by atoms with Gasteiger partial charge in [-0.1, -0.05) is 5.16 Å². The average molecular weight is 285 g/mol. The quantitative estimate of drug-likeness (QED) is 0.800. The fourth-order valence-corrected chi connectivity index (χ4v) is 2.53. The van der Waals surface area contributed by atoms with Crippen LogP contribution in [0.25, 0.3) is 10.9 Å². The zero-order valence-electron chi connectivity index (χ0n) is 12.0. The summed E-state index contributed by atoms with van der Waals surface area (Å²) in [5.74, 6) is 0.217. The van der Waals surface area contributed by atoms with Gasteiger partial charge in [-0.15, -0.1) is 0 Å². The molecule has 0 saturated heterocycles. The SMILES string of the molecule is Cc1nc(Cn2c(C)c(C)c3cc(C(=O)O)ccc32)no1. The standard InChI is InChI=1S/C15H15N3O3/c1-8-9(2)18(7-14-16-10(3)21-17-14)13-5-4-11(15(19)20)6-12(8)13/h4-6H,7H2,1-3H3,(H,19,20). The van der Waals surface area contributed by atoms with Crippen molar-refractivity contribution in [2.75, 3.05) is 0 Å². The first-order chi connectivity index (χ1) is 9.97. The Kier molecular flexibility index (Phi) is 3.01. The van der Waals surface area contributed by atoms with Gasteiger partial charge in [0.05, 0.1) is 12.1 Å². The second-order valence-electron chi connectivity index (χ2n) is 5.06. The summed E-state index contributed by atoms with van der Waals surface area (Å²) in [6.45, 7) is 6.24. The van der Waals surface area contributed by atoms with E-state index in [-0.39, 0.29) is 5.56 Å². The van der Waals surface area contributed by atoms with Crippen LogP contribution in [0.3, 0.4) is 0 Å². The van der Waals surface area contributed by atoms with Crippen LogP contribution in [0.2, 0.25) is 0 Å². The number of hydrogen-bond acceptors (Lipinski definition) is 4. The van der Waals surface area contributed by atoms with E-state index in [1.165, 1.54) is 0 Å². The van der Waals surface area contributed by atoms with Gasteiger partial charge in [-0.05, 0) is 37.6 Å². The highest BCUT2D eigenvalue weighted by atomic mass is 16.5. The van der Waals surface area contributed by atoms with Crippen LogP contribution in [-0.2, 0) is 6.54 Å². The van der Waals surface area contributed by atoms with Gasteiger partial charge in [0.2, 0.25) is 5.89 Å². The predicted molar refractivity (Wildman–Crippen MR) is 76.5 cm³/mol. The molecule has 0 atom stereocenters. The van der Waals surface area contributed by atoms with E-state index < -0.39 is 5.97 Å². The average Bonchev–Trinajstić information content (AvgIpc) is 2.96. The second kappa shape index (κ2) is 4.73. The minimum atomic E-state index is -0.921. The molecule has 0 aliphatic carbocycles. The Bertz CT molecular complexity index is 845. The van der Waals surface area contributed by atoms with Crippen LogP contribution in [0.1, 0.15) is 33.3 Å². The van der Waals surface area contributed by atoms with E-state index in [0.717, 1.165) is 22.2 Å². The van der Waals surface area contributed by atoms with E-state index in [1.54, 1.807) is 19.1 Å². The van der Waals surface area contributed by atoms with E-state index in [4.69, 9.17) is 9.63 Å². The molecule has 0 bridgehead atoms. The third-order valence-corrected chi connectivity index (χ3v) is 3.76. The largest absolute Gasteiger partial charge is 0.478 e. The van der Waals surface area contributed by atoms with Crippen molar-refractivity contribution in [1.29, 1.82) is 0 Å². The van der Waals surface area contributed by atoms with E-state index in [1.807, 2.05) is 19.9 Å². The molecule has 2 heterocycles. The van der Waals surface area contributed by atoms with Crippen molar-refractivity contribution in [2.24, 2.45) is 0 Å². The molecular weight excluding hydrogens is 270 g/mol. The fraction of sp³-hybridized carbons (Fsp3) is 0.267. The predicted octanol–water partition coefficient (Wildman–Crippen LogP) is 2.70. The van der Waals surface area contributed by atoms with Gasteiger partial charge in [0.1, 0.15) is 0 Å². The molecule has 0 radical (unpaired) electrons. The van der Waals surface area contributed by atoms with Crippen LogP contribution < -0.4 is 0 Å². The molecule has 1 aromatic carbocycles. The minimum absolute atomic E-state index is 0.290. The van der Waals surface area contributed by atoms with E-state index in [0.29, 0.717) is 18.3 Å². The molecule has 1 N–H and O–H groups in total. The third-order valence-electron chi connectivity index (χ3n) is 3.76. The molecule has 0 fully saturated rings. The molecule has 0 saturated carbocycles. The lowest BCUT2D eigenvalue weighted by atomic mass is 10.1. The van der Waals surface area contributed by atoms with Crippen LogP contribution in [0.5, 0.6) is 0 Å². The number of carbonyl (C=O) groups is 1. The summed E-state index contributed by atoms with van der Waals surface area (Å²) in [6, 6.07) is 5.14. The van der Waals surface area contributed by atoms with Crippen LogP contribution in [-0.4, -0.2) is 25.8 Å². The number of carboxylic acid groups (broad SMARTS) is 1. The first kappa shape index (κ1) is 13.4. The number of benzene rings is 1. The van der Waals surface area contributed by atoms with Gasteiger partial charge in [-0.2, -0.15) is 4.98 Å². The topological polar surface area (TPSA) is 81.2 Å². The monoisotopic (exact) mass is 285 g/mol. The maximum absolute atomic E-state index is 11.1. The smallest absolute Gasteiger partial charge is 0.335 e. The lowest BCUT2D eigenvalue weighted by molar-refractivity contribution is 0.0697. The summed E-state index contributed by atoms with van der Waals surface area (Å²) >= 11 is 0. The molecule has 6 nitrogen and oxygen atoms in total.